The second kappa shape index (κ2) is 7.94. The largest absolute Gasteiger partial charge is 0.339 e. The predicted octanol–water partition coefficient (Wildman–Crippen LogP) is 3.98. The number of hydrogen-bond donors (Lipinski definition) is 1. The molecule has 0 radical (unpaired) electrons. The van der Waals surface area contributed by atoms with Gasteiger partial charge in [0, 0.05) is 35.0 Å². The molecule has 27 heavy (non-hydrogen) atoms. The molecule has 144 valence electrons. The molecule has 1 fully saturated rings. The van der Waals surface area contributed by atoms with E-state index in [9.17, 15) is 9.59 Å². The molecule has 1 aliphatic rings. The van der Waals surface area contributed by atoms with E-state index in [2.05, 4.69) is 36.3 Å². The number of carbonyl (C=O) groups excluding carboxylic acids is 2. The SMILES string of the molecule is CC(C)(C)c1nnc(NC(=O)C2CCN(C(=O)c3ccc(Cl)cc3)CC2)s1. The summed E-state index contributed by atoms with van der Waals surface area (Å²) in [6.07, 6.45) is 1.27. The van der Waals surface area contributed by atoms with Crippen LogP contribution < -0.4 is 5.32 Å². The smallest absolute Gasteiger partial charge is 0.253 e. The first-order chi connectivity index (χ1) is 12.7. The summed E-state index contributed by atoms with van der Waals surface area (Å²) in [5.41, 5.74) is 0.527. The molecule has 1 aliphatic heterocycles. The number of anilines is 1. The van der Waals surface area contributed by atoms with Crippen molar-refractivity contribution in [1.29, 1.82) is 0 Å². The number of nitrogens with zero attached hydrogens (tertiary/aromatic N) is 3. The summed E-state index contributed by atoms with van der Waals surface area (Å²) in [5, 5.41) is 13.1. The highest BCUT2D eigenvalue weighted by atomic mass is 35.5. The van der Waals surface area contributed by atoms with Gasteiger partial charge in [-0.2, -0.15) is 0 Å². The van der Waals surface area contributed by atoms with E-state index in [0.29, 0.717) is 41.6 Å². The molecule has 0 unspecified atom stereocenters. The van der Waals surface area contributed by atoms with Crippen LogP contribution in [0.5, 0.6) is 0 Å². The predicted molar refractivity (Wildman–Crippen MR) is 107 cm³/mol. The molecule has 2 heterocycles. The molecule has 0 spiro atoms. The molecular weight excluding hydrogens is 384 g/mol. The van der Waals surface area contributed by atoms with Gasteiger partial charge in [0.2, 0.25) is 11.0 Å². The second-order valence-electron chi connectivity index (χ2n) is 7.72. The quantitative estimate of drug-likeness (QED) is 0.836. The Bertz CT molecular complexity index is 821. The minimum atomic E-state index is -0.124. The summed E-state index contributed by atoms with van der Waals surface area (Å²) in [6, 6.07) is 6.88. The van der Waals surface area contributed by atoms with Gasteiger partial charge in [0.15, 0.2) is 0 Å². The molecule has 1 saturated heterocycles. The van der Waals surface area contributed by atoms with Crippen molar-refractivity contribution in [3.8, 4) is 0 Å². The van der Waals surface area contributed by atoms with Crippen molar-refractivity contribution in [3.63, 3.8) is 0 Å². The van der Waals surface area contributed by atoms with E-state index < -0.39 is 0 Å². The normalized spacial score (nSPS) is 15.6. The zero-order chi connectivity index (χ0) is 19.6. The van der Waals surface area contributed by atoms with Gasteiger partial charge in [0.05, 0.1) is 0 Å². The summed E-state index contributed by atoms with van der Waals surface area (Å²) < 4.78 is 0. The van der Waals surface area contributed by atoms with E-state index in [0.717, 1.165) is 5.01 Å². The summed E-state index contributed by atoms with van der Waals surface area (Å²) >= 11 is 7.28. The van der Waals surface area contributed by atoms with Crippen molar-refractivity contribution in [2.24, 2.45) is 5.92 Å². The first kappa shape index (κ1) is 19.8. The lowest BCUT2D eigenvalue weighted by molar-refractivity contribution is -0.121. The number of nitrogens with one attached hydrogen (secondary N) is 1. The number of carbonyl (C=O) groups is 2. The number of halogens is 1. The van der Waals surface area contributed by atoms with Crippen LogP contribution in [-0.2, 0) is 10.2 Å². The van der Waals surface area contributed by atoms with Crippen LogP contribution in [0, 0.1) is 5.92 Å². The Morgan fingerprint density at radius 1 is 1.15 bits per heavy atom. The Morgan fingerprint density at radius 2 is 1.78 bits per heavy atom. The van der Waals surface area contributed by atoms with Gasteiger partial charge in [0.1, 0.15) is 5.01 Å². The first-order valence-electron chi connectivity index (χ1n) is 8.94. The molecule has 2 amide bonds. The Labute approximate surface area is 167 Å². The van der Waals surface area contributed by atoms with Crippen LogP contribution in [0.15, 0.2) is 24.3 Å². The standard InChI is InChI=1S/C19H23ClN4O2S/c1-19(2,3)17-22-23-18(27-17)21-15(25)12-8-10-24(11-9-12)16(26)13-4-6-14(20)7-5-13/h4-7,12H,8-11H2,1-3H3,(H,21,23,25). The maximum absolute atomic E-state index is 12.5. The molecule has 6 nitrogen and oxygen atoms in total. The first-order valence-corrected chi connectivity index (χ1v) is 10.1. The van der Waals surface area contributed by atoms with Crippen LogP contribution in [0.25, 0.3) is 0 Å². The van der Waals surface area contributed by atoms with Gasteiger partial charge in [0.25, 0.3) is 5.91 Å². The Balaban J connectivity index is 1.54. The lowest BCUT2D eigenvalue weighted by Crippen LogP contribution is -2.41. The highest BCUT2D eigenvalue weighted by molar-refractivity contribution is 7.15. The monoisotopic (exact) mass is 406 g/mol. The minimum absolute atomic E-state index is 0.0236. The minimum Gasteiger partial charge on any atom is -0.339 e. The zero-order valence-electron chi connectivity index (χ0n) is 15.7. The number of likely N-dealkylation sites (tertiary alicyclic amines) is 1. The maximum Gasteiger partial charge on any atom is 0.253 e. The van der Waals surface area contributed by atoms with Crippen LogP contribution in [0.4, 0.5) is 5.13 Å². The van der Waals surface area contributed by atoms with Crippen LogP contribution in [0.3, 0.4) is 0 Å². The van der Waals surface area contributed by atoms with Crippen molar-refractivity contribution in [1.82, 2.24) is 15.1 Å². The number of rotatable bonds is 3. The third-order valence-electron chi connectivity index (χ3n) is 4.54. The highest BCUT2D eigenvalue weighted by Gasteiger charge is 2.29. The number of piperidine rings is 1. The molecule has 1 aromatic carbocycles. The summed E-state index contributed by atoms with van der Waals surface area (Å²) in [7, 11) is 0. The topological polar surface area (TPSA) is 75.2 Å². The van der Waals surface area contributed by atoms with Gasteiger partial charge in [-0.25, -0.2) is 0 Å². The molecule has 0 saturated carbocycles. The van der Waals surface area contributed by atoms with Crippen LogP contribution in [0.2, 0.25) is 5.02 Å². The average molecular weight is 407 g/mol. The Morgan fingerprint density at radius 3 is 2.33 bits per heavy atom. The third kappa shape index (κ3) is 4.84. The molecule has 1 aromatic heterocycles. The number of benzene rings is 1. The van der Waals surface area contributed by atoms with Crippen LogP contribution in [0.1, 0.15) is 49.0 Å². The molecule has 0 bridgehead atoms. The zero-order valence-corrected chi connectivity index (χ0v) is 17.2. The van der Waals surface area contributed by atoms with Gasteiger partial charge in [-0.05, 0) is 37.1 Å². The average Bonchev–Trinajstić information content (AvgIpc) is 3.11. The van der Waals surface area contributed by atoms with Crippen molar-refractivity contribution in [2.45, 2.75) is 39.0 Å². The number of hydrogen-bond acceptors (Lipinski definition) is 5. The van der Waals surface area contributed by atoms with Gasteiger partial charge in [-0.1, -0.05) is 43.7 Å². The summed E-state index contributed by atoms with van der Waals surface area (Å²) in [5.74, 6) is -0.198. The van der Waals surface area contributed by atoms with E-state index in [1.807, 2.05) is 0 Å². The fourth-order valence-electron chi connectivity index (χ4n) is 2.90. The van der Waals surface area contributed by atoms with E-state index in [4.69, 9.17) is 11.6 Å². The van der Waals surface area contributed by atoms with Gasteiger partial charge in [-0.3, -0.25) is 9.59 Å². The highest BCUT2D eigenvalue weighted by Crippen LogP contribution is 2.28. The molecule has 8 heteroatoms. The Hall–Kier alpha value is -1.99. The van der Waals surface area contributed by atoms with E-state index in [1.54, 1.807) is 29.2 Å². The van der Waals surface area contributed by atoms with Crippen molar-refractivity contribution in [2.75, 3.05) is 18.4 Å². The molecule has 1 N–H and O–H groups in total. The van der Waals surface area contributed by atoms with E-state index >= 15 is 0 Å². The number of aromatic nitrogens is 2. The Kier molecular flexibility index (Phi) is 5.81. The second-order valence-corrected chi connectivity index (χ2v) is 9.14. The molecule has 2 aromatic rings. The van der Waals surface area contributed by atoms with Gasteiger partial charge >= 0.3 is 0 Å². The molecular formula is C19H23ClN4O2S. The van der Waals surface area contributed by atoms with Crippen molar-refractivity contribution in [3.05, 3.63) is 39.9 Å². The summed E-state index contributed by atoms with van der Waals surface area (Å²) in [6.45, 7) is 7.30. The van der Waals surface area contributed by atoms with E-state index in [-0.39, 0.29) is 23.1 Å². The van der Waals surface area contributed by atoms with Crippen molar-refractivity contribution >= 4 is 39.9 Å². The molecule has 3 rings (SSSR count). The molecule has 0 aliphatic carbocycles. The fourth-order valence-corrected chi connectivity index (χ4v) is 3.83. The maximum atomic E-state index is 12.5. The van der Waals surface area contributed by atoms with E-state index in [1.165, 1.54) is 11.3 Å². The van der Waals surface area contributed by atoms with Crippen LogP contribution in [-0.4, -0.2) is 40.0 Å². The molecule has 0 atom stereocenters. The summed E-state index contributed by atoms with van der Waals surface area (Å²) in [4.78, 5) is 26.8. The fraction of sp³-hybridized carbons (Fsp3) is 0.474. The van der Waals surface area contributed by atoms with Gasteiger partial charge in [-0.15, -0.1) is 10.2 Å². The number of amides is 2. The van der Waals surface area contributed by atoms with Crippen molar-refractivity contribution < 1.29 is 9.59 Å². The third-order valence-corrected chi connectivity index (χ3v) is 6.06. The lowest BCUT2D eigenvalue weighted by Gasteiger charge is -2.31. The van der Waals surface area contributed by atoms with Gasteiger partial charge < -0.3 is 10.2 Å². The van der Waals surface area contributed by atoms with Crippen LogP contribution >= 0.6 is 22.9 Å². The lowest BCUT2D eigenvalue weighted by atomic mass is 9.95.